The van der Waals surface area contributed by atoms with E-state index in [0.29, 0.717) is 11.4 Å². The molecule has 0 saturated carbocycles. The average molecular weight is 315 g/mol. The van der Waals surface area contributed by atoms with Gasteiger partial charge in [-0.1, -0.05) is 36.4 Å². The highest BCUT2D eigenvalue weighted by Crippen LogP contribution is 2.11. The smallest absolute Gasteiger partial charge is 0.328 e. The lowest BCUT2D eigenvalue weighted by atomic mass is 10.1. The first-order valence-corrected chi connectivity index (χ1v) is 6.91. The van der Waals surface area contributed by atoms with Gasteiger partial charge in [0.1, 0.15) is 0 Å². The van der Waals surface area contributed by atoms with Gasteiger partial charge < -0.3 is 21.0 Å². The molecular formula is C16H17N3O4. The van der Waals surface area contributed by atoms with E-state index < -0.39 is 24.0 Å². The Morgan fingerprint density at radius 3 is 1.70 bits per heavy atom. The lowest BCUT2D eigenvalue weighted by Gasteiger charge is -2.24. The Kier molecular flexibility index (Phi) is 5.54. The molecule has 2 atom stereocenters. The van der Waals surface area contributed by atoms with Crippen molar-refractivity contribution in [2.45, 2.75) is 12.1 Å². The zero-order valence-corrected chi connectivity index (χ0v) is 12.1. The second-order valence-corrected chi connectivity index (χ2v) is 4.78. The lowest BCUT2D eigenvalue weighted by molar-refractivity contribution is -0.146. The molecular weight excluding hydrogens is 298 g/mol. The van der Waals surface area contributed by atoms with Crippen molar-refractivity contribution >= 4 is 23.3 Å². The van der Waals surface area contributed by atoms with Gasteiger partial charge in [0.2, 0.25) is 0 Å². The van der Waals surface area contributed by atoms with Crippen molar-refractivity contribution < 1.29 is 19.8 Å². The quantitative estimate of drug-likeness (QED) is 0.471. The highest BCUT2D eigenvalue weighted by molar-refractivity contribution is 5.87. The fraction of sp³-hybridized carbons (Fsp3) is 0.125. The molecule has 120 valence electrons. The summed E-state index contributed by atoms with van der Waals surface area (Å²) < 4.78 is 0. The van der Waals surface area contributed by atoms with E-state index in [0.717, 1.165) is 0 Å². The minimum absolute atomic E-state index is 0.521. The monoisotopic (exact) mass is 315 g/mol. The summed E-state index contributed by atoms with van der Waals surface area (Å²) in [6.45, 7) is 0. The molecule has 1 unspecified atom stereocenters. The standard InChI is InChI=1S/C16H17N3O4/c20-15(21)13(17-11-7-3-1-4-8-11)14(16(22)23)19-18-12-9-5-2-6-10-12/h1-10,13-14,17-19H,(H,20,21)(H,22,23)/t13?,14-/m0/s1. The molecule has 0 amide bonds. The average Bonchev–Trinajstić information content (AvgIpc) is 2.55. The number of carboxylic acid groups (broad SMARTS) is 2. The maximum Gasteiger partial charge on any atom is 0.328 e. The molecule has 5 N–H and O–H groups in total. The molecule has 0 radical (unpaired) electrons. The van der Waals surface area contributed by atoms with Gasteiger partial charge in [0.15, 0.2) is 12.1 Å². The zero-order chi connectivity index (χ0) is 16.7. The SMILES string of the molecule is O=C(O)C(Nc1ccccc1)[C@H](NNc1ccccc1)C(=O)O. The maximum atomic E-state index is 11.5. The largest absolute Gasteiger partial charge is 0.480 e. The van der Waals surface area contributed by atoms with Crippen LogP contribution in [-0.2, 0) is 9.59 Å². The van der Waals surface area contributed by atoms with Gasteiger partial charge >= 0.3 is 11.9 Å². The Balaban J connectivity index is 2.11. The summed E-state index contributed by atoms with van der Waals surface area (Å²) in [6.07, 6.45) is 0. The molecule has 7 nitrogen and oxygen atoms in total. The van der Waals surface area contributed by atoms with E-state index in [-0.39, 0.29) is 0 Å². The predicted octanol–water partition coefficient (Wildman–Crippen LogP) is 1.62. The van der Waals surface area contributed by atoms with Crippen molar-refractivity contribution in [3.8, 4) is 0 Å². The number of hydrogen-bond acceptors (Lipinski definition) is 5. The van der Waals surface area contributed by atoms with Gasteiger partial charge in [0, 0.05) is 11.4 Å². The van der Waals surface area contributed by atoms with Crippen molar-refractivity contribution in [2.75, 3.05) is 10.7 Å². The minimum atomic E-state index is -1.38. The van der Waals surface area contributed by atoms with Crippen LogP contribution in [0.15, 0.2) is 60.7 Å². The van der Waals surface area contributed by atoms with Gasteiger partial charge in [-0.15, -0.1) is 0 Å². The second kappa shape index (κ2) is 7.81. The van der Waals surface area contributed by atoms with Crippen LogP contribution in [0.5, 0.6) is 0 Å². The van der Waals surface area contributed by atoms with Gasteiger partial charge in [-0.2, -0.15) is 0 Å². The number of hydrogen-bond donors (Lipinski definition) is 5. The van der Waals surface area contributed by atoms with Gasteiger partial charge in [0.25, 0.3) is 0 Å². The first-order chi connectivity index (χ1) is 11.1. The topological polar surface area (TPSA) is 111 Å². The molecule has 0 aromatic heterocycles. The molecule has 2 aromatic carbocycles. The number of aliphatic carboxylic acids is 2. The summed E-state index contributed by atoms with van der Waals surface area (Å²) in [5.41, 5.74) is 6.41. The number of nitrogens with one attached hydrogen (secondary N) is 3. The Morgan fingerprint density at radius 2 is 1.22 bits per heavy atom. The van der Waals surface area contributed by atoms with E-state index >= 15 is 0 Å². The molecule has 0 aliphatic rings. The molecule has 2 aromatic rings. The summed E-state index contributed by atoms with van der Waals surface area (Å²) in [5, 5.41) is 21.4. The number of carbonyl (C=O) groups is 2. The van der Waals surface area contributed by atoms with Crippen molar-refractivity contribution in [3.63, 3.8) is 0 Å². The summed E-state index contributed by atoms with van der Waals surface area (Å²) in [5.74, 6) is -2.56. The van der Waals surface area contributed by atoms with E-state index in [1.54, 1.807) is 54.6 Å². The van der Waals surface area contributed by atoms with Crippen LogP contribution in [0.25, 0.3) is 0 Å². The van der Waals surface area contributed by atoms with Crippen molar-refractivity contribution in [1.82, 2.24) is 5.43 Å². The second-order valence-electron chi connectivity index (χ2n) is 4.78. The molecule has 0 spiro atoms. The van der Waals surface area contributed by atoms with Crippen LogP contribution in [0.4, 0.5) is 11.4 Å². The van der Waals surface area contributed by atoms with Crippen LogP contribution in [0.3, 0.4) is 0 Å². The number of anilines is 2. The summed E-state index contributed by atoms with van der Waals surface area (Å²) in [7, 11) is 0. The van der Waals surface area contributed by atoms with Crippen molar-refractivity contribution in [2.24, 2.45) is 0 Å². The first-order valence-electron chi connectivity index (χ1n) is 6.91. The van der Waals surface area contributed by atoms with Gasteiger partial charge in [0.05, 0.1) is 0 Å². The Hall–Kier alpha value is -3.06. The van der Waals surface area contributed by atoms with Crippen LogP contribution < -0.4 is 16.2 Å². The van der Waals surface area contributed by atoms with Crippen LogP contribution in [0.2, 0.25) is 0 Å². The van der Waals surface area contributed by atoms with Gasteiger partial charge in [-0.05, 0) is 24.3 Å². The summed E-state index contributed by atoms with van der Waals surface area (Å²) in [4.78, 5) is 22.9. The highest BCUT2D eigenvalue weighted by atomic mass is 16.4. The van der Waals surface area contributed by atoms with E-state index in [2.05, 4.69) is 16.2 Å². The third kappa shape index (κ3) is 4.72. The van der Waals surface area contributed by atoms with Crippen LogP contribution >= 0.6 is 0 Å². The molecule has 23 heavy (non-hydrogen) atoms. The Bertz CT molecular complexity index is 649. The highest BCUT2D eigenvalue weighted by Gasteiger charge is 2.33. The van der Waals surface area contributed by atoms with E-state index in [1.165, 1.54) is 0 Å². The third-order valence-corrected chi connectivity index (χ3v) is 3.11. The fourth-order valence-electron chi connectivity index (χ4n) is 1.97. The molecule has 0 heterocycles. The minimum Gasteiger partial charge on any atom is -0.480 e. The van der Waals surface area contributed by atoms with Crippen molar-refractivity contribution in [1.29, 1.82) is 0 Å². The molecule has 0 fully saturated rings. The maximum absolute atomic E-state index is 11.5. The van der Waals surface area contributed by atoms with Gasteiger partial charge in [-0.3, -0.25) is 4.79 Å². The first kappa shape index (κ1) is 16.3. The number of para-hydroxylation sites is 2. The third-order valence-electron chi connectivity index (χ3n) is 3.11. The molecule has 2 rings (SSSR count). The Labute approximate surface area is 132 Å². The number of hydrazine groups is 1. The molecule has 0 saturated heterocycles. The van der Waals surface area contributed by atoms with E-state index in [4.69, 9.17) is 0 Å². The fourth-order valence-corrected chi connectivity index (χ4v) is 1.97. The summed E-state index contributed by atoms with van der Waals surface area (Å²) >= 11 is 0. The number of benzene rings is 2. The van der Waals surface area contributed by atoms with Crippen molar-refractivity contribution in [3.05, 3.63) is 60.7 Å². The molecule has 7 heteroatoms. The van der Waals surface area contributed by atoms with E-state index in [1.807, 2.05) is 6.07 Å². The Morgan fingerprint density at radius 1 is 0.739 bits per heavy atom. The lowest BCUT2D eigenvalue weighted by Crippen LogP contribution is -2.55. The van der Waals surface area contributed by atoms with Crippen LogP contribution in [0.1, 0.15) is 0 Å². The molecule has 0 aliphatic carbocycles. The molecule has 0 bridgehead atoms. The van der Waals surface area contributed by atoms with Gasteiger partial charge in [-0.25, -0.2) is 10.2 Å². The number of rotatable bonds is 8. The van der Waals surface area contributed by atoms with Crippen LogP contribution in [-0.4, -0.2) is 34.2 Å². The predicted molar refractivity (Wildman–Crippen MR) is 86.1 cm³/mol. The van der Waals surface area contributed by atoms with E-state index in [9.17, 15) is 19.8 Å². The zero-order valence-electron chi connectivity index (χ0n) is 12.1. The normalized spacial score (nSPS) is 12.9. The van der Waals surface area contributed by atoms with Crippen LogP contribution in [0, 0.1) is 0 Å². The molecule has 0 aliphatic heterocycles. The summed E-state index contributed by atoms with van der Waals surface area (Å²) in [6, 6.07) is 14.7. The number of carboxylic acids is 2.